The normalized spacial score (nSPS) is 13.4. The molecule has 0 unspecified atom stereocenters. The van der Waals surface area contributed by atoms with Gasteiger partial charge in [-0.05, 0) is 48.1 Å². The quantitative estimate of drug-likeness (QED) is 0.651. The Balaban J connectivity index is 1.59. The molecule has 0 saturated carbocycles. The lowest BCUT2D eigenvalue weighted by Gasteiger charge is -2.29. The molecule has 124 valence electrons. The minimum atomic E-state index is -0.0123. The zero-order chi connectivity index (χ0) is 17.2. The third-order valence-corrected chi connectivity index (χ3v) is 5.22. The van der Waals surface area contributed by atoms with Crippen LogP contribution in [-0.2, 0) is 6.42 Å². The molecule has 0 N–H and O–H groups in total. The SMILES string of the molecule is O=C(c1ccc(C(=O)N2CCCc3ccccc32)cc1)c1ccsc1. The number of thiophene rings is 1. The highest BCUT2D eigenvalue weighted by Gasteiger charge is 2.23. The summed E-state index contributed by atoms with van der Waals surface area (Å²) >= 11 is 1.50. The first-order valence-electron chi connectivity index (χ1n) is 8.31. The molecule has 2 aromatic carbocycles. The van der Waals surface area contributed by atoms with Gasteiger partial charge in [0, 0.05) is 34.3 Å². The largest absolute Gasteiger partial charge is 0.308 e. The molecule has 25 heavy (non-hydrogen) atoms. The molecule has 0 aliphatic carbocycles. The number of fused-ring (bicyclic) bond motifs is 1. The van der Waals surface area contributed by atoms with E-state index in [4.69, 9.17) is 0 Å². The van der Waals surface area contributed by atoms with E-state index in [0.717, 1.165) is 25.1 Å². The number of benzene rings is 2. The van der Waals surface area contributed by atoms with Crippen LogP contribution in [0.4, 0.5) is 5.69 Å². The van der Waals surface area contributed by atoms with E-state index in [0.29, 0.717) is 16.7 Å². The van der Waals surface area contributed by atoms with Crippen molar-refractivity contribution in [1.29, 1.82) is 0 Å². The molecule has 0 fully saturated rings. The van der Waals surface area contributed by atoms with Gasteiger partial charge in [0.25, 0.3) is 5.91 Å². The van der Waals surface area contributed by atoms with Crippen molar-refractivity contribution in [3.05, 3.63) is 87.6 Å². The monoisotopic (exact) mass is 347 g/mol. The van der Waals surface area contributed by atoms with Crippen molar-refractivity contribution in [2.45, 2.75) is 12.8 Å². The third-order valence-electron chi connectivity index (χ3n) is 4.53. The molecule has 4 heteroatoms. The predicted octanol–water partition coefficient (Wildman–Crippen LogP) is 4.57. The minimum Gasteiger partial charge on any atom is -0.308 e. The van der Waals surface area contributed by atoms with Crippen LogP contribution in [-0.4, -0.2) is 18.2 Å². The van der Waals surface area contributed by atoms with Gasteiger partial charge in [-0.15, -0.1) is 0 Å². The summed E-state index contributed by atoms with van der Waals surface area (Å²) in [5.74, 6) is -0.0229. The summed E-state index contributed by atoms with van der Waals surface area (Å²) in [5, 5.41) is 3.73. The van der Waals surface area contributed by atoms with Gasteiger partial charge in [0.05, 0.1) is 0 Å². The summed E-state index contributed by atoms with van der Waals surface area (Å²) in [6, 6.07) is 16.9. The maximum atomic E-state index is 12.9. The van der Waals surface area contributed by atoms with Gasteiger partial charge < -0.3 is 4.90 Å². The first-order chi connectivity index (χ1) is 12.2. The Hall–Kier alpha value is -2.72. The number of anilines is 1. The van der Waals surface area contributed by atoms with Crippen molar-refractivity contribution >= 4 is 28.7 Å². The van der Waals surface area contributed by atoms with Gasteiger partial charge in [-0.2, -0.15) is 11.3 Å². The molecule has 0 spiro atoms. The van der Waals surface area contributed by atoms with E-state index in [2.05, 4.69) is 6.07 Å². The van der Waals surface area contributed by atoms with Gasteiger partial charge in [0.2, 0.25) is 0 Å². The number of carbonyl (C=O) groups excluding carboxylic acids is 2. The molecule has 0 saturated heterocycles. The smallest absolute Gasteiger partial charge is 0.258 e. The number of nitrogens with zero attached hydrogens (tertiary/aromatic N) is 1. The van der Waals surface area contributed by atoms with Gasteiger partial charge in [0.15, 0.2) is 5.78 Å². The number of para-hydroxylation sites is 1. The molecule has 0 radical (unpaired) electrons. The first-order valence-corrected chi connectivity index (χ1v) is 9.25. The van der Waals surface area contributed by atoms with Crippen LogP contribution >= 0.6 is 11.3 Å². The molecule has 0 bridgehead atoms. The Bertz CT molecular complexity index is 913. The topological polar surface area (TPSA) is 37.4 Å². The Morgan fingerprint density at radius 3 is 2.40 bits per heavy atom. The fraction of sp³-hybridized carbons (Fsp3) is 0.143. The standard InChI is InChI=1S/C21H17NO2S/c23-20(18-11-13-25-14-18)16-7-9-17(10-8-16)21(24)22-12-3-5-15-4-1-2-6-19(15)22/h1-2,4,6-11,13-14H,3,5,12H2. The fourth-order valence-electron chi connectivity index (χ4n) is 3.22. The second-order valence-corrected chi connectivity index (χ2v) is 6.89. The molecule has 2 heterocycles. The maximum absolute atomic E-state index is 12.9. The van der Waals surface area contributed by atoms with Crippen molar-refractivity contribution in [3.63, 3.8) is 0 Å². The van der Waals surface area contributed by atoms with Crippen molar-refractivity contribution in [2.24, 2.45) is 0 Å². The van der Waals surface area contributed by atoms with Crippen LogP contribution in [0.1, 0.15) is 38.3 Å². The zero-order valence-corrected chi connectivity index (χ0v) is 14.5. The molecule has 1 aromatic heterocycles. The second kappa shape index (κ2) is 6.65. The number of aryl methyl sites for hydroxylation is 1. The van der Waals surface area contributed by atoms with E-state index in [1.165, 1.54) is 16.9 Å². The van der Waals surface area contributed by atoms with E-state index in [1.54, 1.807) is 24.3 Å². The number of carbonyl (C=O) groups is 2. The van der Waals surface area contributed by atoms with E-state index < -0.39 is 0 Å². The third kappa shape index (κ3) is 3.01. The summed E-state index contributed by atoms with van der Waals surface area (Å²) < 4.78 is 0. The van der Waals surface area contributed by atoms with Crippen LogP contribution in [0.3, 0.4) is 0 Å². The molecule has 3 nitrogen and oxygen atoms in total. The zero-order valence-electron chi connectivity index (χ0n) is 13.6. The van der Waals surface area contributed by atoms with Crippen molar-refractivity contribution < 1.29 is 9.59 Å². The summed E-state index contributed by atoms with van der Waals surface area (Å²) in [6.07, 6.45) is 1.98. The fourth-order valence-corrected chi connectivity index (χ4v) is 3.86. The summed E-state index contributed by atoms with van der Waals surface area (Å²) in [4.78, 5) is 27.1. The first kappa shape index (κ1) is 15.8. The van der Waals surface area contributed by atoms with Crippen LogP contribution < -0.4 is 4.90 Å². The van der Waals surface area contributed by atoms with E-state index in [9.17, 15) is 9.59 Å². The van der Waals surface area contributed by atoms with Crippen molar-refractivity contribution in [3.8, 4) is 0 Å². The van der Waals surface area contributed by atoms with Gasteiger partial charge in [0.1, 0.15) is 0 Å². The Morgan fingerprint density at radius 1 is 0.880 bits per heavy atom. The van der Waals surface area contributed by atoms with Gasteiger partial charge in [-0.1, -0.05) is 30.3 Å². The molecular formula is C21H17NO2S. The highest BCUT2D eigenvalue weighted by molar-refractivity contribution is 7.08. The van der Waals surface area contributed by atoms with Crippen LogP contribution in [0, 0.1) is 0 Å². The molecule has 3 aromatic rings. The van der Waals surface area contributed by atoms with E-state index in [1.807, 2.05) is 39.9 Å². The summed E-state index contributed by atoms with van der Waals surface area (Å²) in [6.45, 7) is 0.728. The number of hydrogen-bond donors (Lipinski definition) is 0. The highest BCUT2D eigenvalue weighted by atomic mass is 32.1. The minimum absolute atomic E-state index is 0.0106. The van der Waals surface area contributed by atoms with Crippen LogP contribution in [0.15, 0.2) is 65.4 Å². The van der Waals surface area contributed by atoms with Gasteiger partial charge >= 0.3 is 0 Å². The lowest BCUT2D eigenvalue weighted by molar-refractivity contribution is 0.0982. The number of ketones is 1. The van der Waals surface area contributed by atoms with Crippen LogP contribution in [0.25, 0.3) is 0 Å². The van der Waals surface area contributed by atoms with Gasteiger partial charge in [-0.3, -0.25) is 9.59 Å². The lowest BCUT2D eigenvalue weighted by atomic mass is 10.00. The molecule has 1 aliphatic rings. The van der Waals surface area contributed by atoms with Crippen LogP contribution in [0.2, 0.25) is 0 Å². The number of amides is 1. The molecular weight excluding hydrogens is 330 g/mol. The van der Waals surface area contributed by atoms with Gasteiger partial charge in [-0.25, -0.2) is 0 Å². The average Bonchev–Trinajstić information content (AvgIpc) is 3.21. The van der Waals surface area contributed by atoms with E-state index in [-0.39, 0.29) is 11.7 Å². The highest BCUT2D eigenvalue weighted by Crippen LogP contribution is 2.28. The van der Waals surface area contributed by atoms with Crippen molar-refractivity contribution in [2.75, 3.05) is 11.4 Å². The molecule has 4 rings (SSSR count). The van der Waals surface area contributed by atoms with Crippen molar-refractivity contribution in [1.82, 2.24) is 0 Å². The summed E-state index contributed by atoms with van der Waals surface area (Å²) in [7, 11) is 0. The lowest BCUT2D eigenvalue weighted by Crippen LogP contribution is -2.35. The average molecular weight is 347 g/mol. The molecule has 1 aliphatic heterocycles. The van der Waals surface area contributed by atoms with Crippen LogP contribution in [0.5, 0.6) is 0 Å². The number of rotatable bonds is 3. The maximum Gasteiger partial charge on any atom is 0.258 e. The van der Waals surface area contributed by atoms with E-state index >= 15 is 0 Å². The number of hydrogen-bond acceptors (Lipinski definition) is 3. The molecule has 1 amide bonds. The molecule has 0 atom stereocenters. The Labute approximate surface area is 150 Å². The Morgan fingerprint density at radius 2 is 1.64 bits per heavy atom. The predicted molar refractivity (Wildman–Crippen MR) is 101 cm³/mol. The summed E-state index contributed by atoms with van der Waals surface area (Å²) in [5.41, 5.74) is 4.12. The second-order valence-electron chi connectivity index (χ2n) is 6.11. The Kier molecular flexibility index (Phi) is 4.20.